The van der Waals surface area contributed by atoms with Gasteiger partial charge in [0, 0.05) is 12.5 Å². The summed E-state index contributed by atoms with van der Waals surface area (Å²) in [5, 5.41) is 3.00. The van der Waals surface area contributed by atoms with E-state index >= 15 is 0 Å². The van der Waals surface area contributed by atoms with Gasteiger partial charge in [-0.1, -0.05) is 67.1 Å². The summed E-state index contributed by atoms with van der Waals surface area (Å²) in [6.45, 7) is 7.76. The van der Waals surface area contributed by atoms with Crippen LogP contribution in [-0.4, -0.2) is 18.1 Å². The van der Waals surface area contributed by atoms with Crippen molar-refractivity contribution in [3.8, 4) is 5.75 Å². The number of rotatable bonds is 8. The van der Waals surface area contributed by atoms with Gasteiger partial charge in [-0.05, 0) is 62.1 Å². The first-order valence-electron chi connectivity index (χ1n) is 11.2. The lowest BCUT2D eigenvalue weighted by Crippen LogP contribution is -2.47. The summed E-state index contributed by atoms with van der Waals surface area (Å²) in [5.41, 5.74) is 1.43. The normalized spacial score (nSPS) is 13.7. The number of alkyl halides is 3. The molecule has 2 atom stereocenters. The first-order chi connectivity index (χ1) is 16.0. The van der Waals surface area contributed by atoms with Crippen molar-refractivity contribution in [1.82, 2.24) is 5.32 Å². The van der Waals surface area contributed by atoms with Gasteiger partial charge in [-0.25, -0.2) is 0 Å². The van der Waals surface area contributed by atoms with E-state index in [0.717, 1.165) is 17.7 Å². The maximum absolute atomic E-state index is 13.0. The summed E-state index contributed by atoms with van der Waals surface area (Å²) in [5.74, 6) is 0.0159. The van der Waals surface area contributed by atoms with Crippen LogP contribution >= 0.6 is 0 Å². The average molecular weight is 470 g/mol. The number of hydrogen-bond donors (Lipinski definition) is 1. The molecule has 0 aromatic heterocycles. The predicted molar refractivity (Wildman–Crippen MR) is 128 cm³/mol. The zero-order valence-corrected chi connectivity index (χ0v) is 19.8. The Kier molecular flexibility index (Phi) is 7.70. The quantitative estimate of drug-likeness (QED) is 0.391. The summed E-state index contributed by atoms with van der Waals surface area (Å²) < 4.78 is 44.2. The Labute approximate surface area is 199 Å². The molecule has 3 rings (SSSR count). The van der Waals surface area contributed by atoms with E-state index in [9.17, 15) is 18.0 Å². The molecule has 3 nitrogen and oxygen atoms in total. The summed E-state index contributed by atoms with van der Waals surface area (Å²) in [4.78, 5) is 13.0. The predicted octanol–water partition coefficient (Wildman–Crippen LogP) is 6.87. The smallest absolute Gasteiger partial charge is 0.416 e. The van der Waals surface area contributed by atoms with Gasteiger partial charge in [-0.15, -0.1) is 0 Å². The standard InChI is InChI=1S/C28H30F3NO2/c1-19-10-12-21(13-11-19)20(2)25(22-8-6-5-7-9-22)18-32-26(33)27(3,4)34-24-16-14-23(15-17-24)28(29,30)31/h5-17,20,25H,18H2,1-4H3,(H,32,33). The Morgan fingerprint density at radius 3 is 2.03 bits per heavy atom. The van der Waals surface area contributed by atoms with Gasteiger partial charge in [-0.2, -0.15) is 13.2 Å². The highest BCUT2D eigenvalue weighted by atomic mass is 19.4. The molecule has 180 valence electrons. The first kappa shape index (κ1) is 25.3. The van der Waals surface area contributed by atoms with Crippen molar-refractivity contribution in [2.75, 3.05) is 6.54 Å². The Bertz CT molecular complexity index is 1080. The SMILES string of the molecule is Cc1ccc(C(C)C(CNC(=O)C(C)(C)Oc2ccc(C(F)(F)F)cc2)c2ccccc2)cc1. The molecule has 1 N–H and O–H groups in total. The van der Waals surface area contributed by atoms with Crippen LogP contribution in [0, 0.1) is 6.92 Å². The fourth-order valence-corrected chi connectivity index (χ4v) is 3.85. The molecule has 0 bridgehead atoms. The Balaban J connectivity index is 1.72. The third-order valence-corrected chi connectivity index (χ3v) is 6.02. The van der Waals surface area contributed by atoms with Gasteiger partial charge in [0.15, 0.2) is 5.60 Å². The minimum Gasteiger partial charge on any atom is -0.478 e. The van der Waals surface area contributed by atoms with E-state index in [2.05, 4.69) is 36.5 Å². The van der Waals surface area contributed by atoms with Crippen LogP contribution in [0.1, 0.15) is 54.9 Å². The van der Waals surface area contributed by atoms with Gasteiger partial charge in [0.05, 0.1) is 5.56 Å². The first-order valence-corrected chi connectivity index (χ1v) is 11.2. The molecular weight excluding hydrogens is 439 g/mol. The highest BCUT2D eigenvalue weighted by Crippen LogP contribution is 2.33. The average Bonchev–Trinajstić information content (AvgIpc) is 2.79. The molecule has 1 amide bonds. The van der Waals surface area contributed by atoms with E-state index in [0.29, 0.717) is 6.54 Å². The molecule has 0 saturated carbocycles. The molecule has 0 aliphatic carbocycles. The number of ether oxygens (including phenoxy) is 1. The highest BCUT2D eigenvalue weighted by Gasteiger charge is 2.33. The molecule has 3 aromatic rings. The van der Waals surface area contributed by atoms with Crippen LogP contribution in [0.4, 0.5) is 13.2 Å². The second-order valence-electron chi connectivity index (χ2n) is 9.06. The van der Waals surface area contributed by atoms with Crippen LogP contribution in [0.2, 0.25) is 0 Å². The van der Waals surface area contributed by atoms with Crippen molar-refractivity contribution in [1.29, 1.82) is 0 Å². The summed E-state index contributed by atoms with van der Waals surface area (Å²) >= 11 is 0. The molecular formula is C28H30F3NO2. The van der Waals surface area contributed by atoms with Gasteiger partial charge in [0.1, 0.15) is 5.75 Å². The van der Waals surface area contributed by atoms with E-state index in [4.69, 9.17) is 4.74 Å². The van der Waals surface area contributed by atoms with Gasteiger partial charge >= 0.3 is 6.18 Å². The van der Waals surface area contributed by atoms with Crippen molar-refractivity contribution < 1.29 is 22.7 Å². The number of nitrogens with one attached hydrogen (secondary N) is 1. The van der Waals surface area contributed by atoms with Crippen LogP contribution in [0.3, 0.4) is 0 Å². The number of aryl methyl sites for hydroxylation is 1. The fourth-order valence-electron chi connectivity index (χ4n) is 3.85. The van der Waals surface area contributed by atoms with Crippen molar-refractivity contribution >= 4 is 5.91 Å². The van der Waals surface area contributed by atoms with Crippen molar-refractivity contribution in [3.63, 3.8) is 0 Å². The number of benzene rings is 3. The lowest BCUT2D eigenvalue weighted by Gasteiger charge is -2.29. The maximum Gasteiger partial charge on any atom is 0.416 e. The van der Waals surface area contributed by atoms with E-state index in [1.807, 2.05) is 37.3 Å². The van der Waals surface area contributed by atoms with Crippen LogP contribution in [0.5, 0.6) is 5.75 Å². The number of halogens is 3. The second kappa shape index (κ2) is 10.3. The third-order valence-electron chi connectivity index (χ3n) is 6.02. The number of amides is 1. The Morgan fingerprint density at radius 2 is 1.47 bits per heavy atom. The van der Waals surface area contributed by atoms with Crippen molar-refractivity contribution in [2.45, 2.75) is 51.3 Å². The number of carbonyl (C=O) groups is 1. The summed E-state index contributed by atoms with van der Waals surface area (Å²) in [7, 11) is 0. The Morgan fingerprint density at radius 1 is 0.882 bits per heavy atom. The van der Waals surface area contributed by atoms with E-state index in [1.54, 1.807) is 13.8 Å². The van der Waals surface area contributed by atoms with Crippen molar-refractivity contribution in [2.24, 2.45) is 0 Å². The number of carbonyl (C=O) groups excluding carboxylic acids is 1. The van der Waals surface area contributed by atoms with Gasteiger partial charge in [-0.3, -0.25) is 4.79 Å². The van der Waals surface area contributed by atoms with Crippen LogP contribution in [0.25, 0.3) is 0 Å². The van der Waals surface area contributed by atoms with Crippen LogP contribution in [0.15, 0.2) is 78.9 Å². The molecule has 6 heteroatoms. The minimum absolute atomic E-state index is 0.0229. The van der Waals surface area contributed by atoms with E-state index < -0.39 is 17.3 Å². The number of hydrogen-bond acceptors (Lipinski definition) is 2. The monoisotopic (exact) mass is 469 g/mol. The zero-order chi connectivity index (χ0) is 24.9. The molecule has 0 spiro atoms. The molecule has 0 aliphatic rings. The van der Waals surface area contributed by atoms with Crippen LogP contribution < -0.4 is 10.1 Å². The van der Waals surface area contributed by atoms with Gasteiger partial charge < -0.3 is 10.1 Å². The molecule has 2 unspecified atom stereocenters. The largest absolute Gasteiger partial charge is 0.478 e. The lowest BCUT2D eigenvalue weighted by atomic mass is 9.82. The van der Waals surface area contributed by atoms with Crippen LogP contribution in [-0.2, 0) is 11.0 Å². The third kappa shape index (κ3) is 6.40. The summed E-state index contributed by atoms with van der Waals surface area (Å²) in [6, 6.07) is 22.7. The fraction of sp³-hybridized carbons (Fsp3) is 0.321. The van der Waals surface area contributed by atoms with E-state index in [-0.39, 0.29) is 23.5 Å². The molecule has 34 heavy (non-hydrogen) atoms. The minimum atomic E-state index is -4.42. The summed E-state index contributed by atoms with van der Waals surface area (Å²) in [6.07, 6.45) is -4.42. The van der Waals surface area contributed by atoms with E-state index in [1.165, 1.54) is 23.3 Å². The maximum atomic E-state index is 13.0. The molecule has 0 heterocycles. The molecule has 0 saturated heterocycles. The Hall–Kier alpha value is -3.28. The van der Waals surface area contributed by atoms with Crippen molar-refractivity contribution in [3.05, 3.63) is 101 Å². The molecule has 0 aliphatic heterocycles. The van der Waals surface area contributed by atoms with Gasteiger partial charge in [0.25, 0.3) is 5.91 Å². The topological polar surface area (TPSA) is 38.3 Å². The molecule has 3 aromatic carbocycles. The zero-order valence-electron chi connectivity index (χ0n) is 19.8. The second-order valence-corrected chi connectivity index (χ2v) is 9.06. The highest BCUT2D eigenvalue weighted by molar-refractivity contribution is 5.84. The molecule has 0 fully saturated rings. The molecule has 0 radical (unpaired) electrons. The van der Waals surface area contributed by atoms with Gasteiger partial charge in [0.2, 0.25) is 0 Å². The lowest BCUT2D eigenvalue weighted by molar-refractivity contribution is -0.138.